The van der Waals surface area contributed by atoms with E-state index in [4.69, 9.17) is 23.8 Å². The fraction of sp³-hybridized carbons (Fsp3) is 0.583. The lowest BCUT2D eigenvalue weighted by atomic mass is 10.1. The molecule has 0 aromatic heterocycles. The van der Waals surface area contributed by atoms with Gasteiger partial charge in [-0.1, -0.05) is 149 Å². The van der Waals surface area contributed by atoms with E-state index in [-0.39, 0.29) is 12.8 Å². The number of phosphoric ester groups is 2. The van der Waals surface area contributed by atoms with Crippen LogP contribution in [-0.2, 0) is 41.8 Å². The second-order valence-electron chi connectivity index (χ2n) is 14.6. The maximum absolute atomic E-state index is 12.7. The maximum Gasteiger partial charge on any atom is 0.472 e. The van der Waals surface area contributed by atoms with Gasteiger partial charge in [-0.2, -0.15) is 0 Å². The third kappa shape index (κ3) is 46.6. The van der Waals surface area contributed by atoms with Gasteiger partial charge in [-0.25, -0.2) is 9.13 Å². The van der Waals surface area contributed by atoms with Gasteiger partial charge < -0.3 is 29.3 Å². The number of aliphatic hydroxyl groups excluding tert-OH is 1. The number of unbranched alkanes of at least 4 members (excludes halogenated alkanes) is 7. The van der Waals surface area contributed by atoms with Crippen LogP contribution in [0.3, 0.4) is 0 Å². The Morgan fingerprint density at radius 2 is 0.905 bits per heavy atom. The molecule has 0 saturated heterocycles. The van der Waals surface area contributed by atoms with Crippen molar-refractivity contribution in [3.63, 3.8) is 0 Å². The summed E-state index contributed by atoms with van der Waals surface area (Å²) >= 11 is 0. The zero-order valence-corrected chi connectivity index (χ0v) is 39.7. The first-order valence-electron chi connectivity index (χ1n) is 22.6. The van der Waals surface area contributed by atoms with Crippen LogP contribution >= 0.6 is 15.6 Å². The summed E-state index contributed by atoms with van der Waals surface area (Å²) < 4.78 is 47.7. The molecule has 0 saturated carbocycles. The molecule has 0 heterocycles. The first-order chi connectivity index (χ1) is 30.4. The minimum Gasteiger partial charge on any atom is -0.462 e. The average Bonchev–Trinajstić information content (AvgIpc) is 3.24. The van der Waals surface area contributed by atoms with Crippen molar-refractivity contribution in [2.24, 2.45) is 0 Å². The molecule has 1 unspecified atom stereocenters. The van der Waals surface area contributed by atoms with Crippen LogP contribution < -0.4 is 0 Å². The highest BCUT2D eigenvalue weighted by molar-refractivity contribution is 7.47. The minimum atomic E-state index is -4.88. The summed E-state index contributed by atoms with van der Waals surface area (Å²) in [5.41, 5.74) is 0. The molecule has 0 fully saturated rings. The highest BCUT2D eigenvalue weighted by Gasteiger charge is 2.28. The molecular formula is C48H78O13P2. The number of phosphoric acid groups is 2. The van der Waals surface area contributed by atoms with E-state index < -0.39 is 66.2 Å². The SMILES string of the molecule is CC/C=C\C/C=C\C/C=C\C/C=C\C/C=C\C/C=C\CCC(=O)OC[C@H](COP(=O)(O)OC[C@@H](O)COP(=O)(O)O)OC(=O)CCCCCC/C=C\C/C=C\C/C=C\CCCCC. The third-order valence-corrected chi connectivity index (χ3v) is 10.1. The number of aliphatic hydroxyl groups is 1. The van der Waals surface area contributed by atoms with E-state index in [1.807, 2.05) is 18.2 Å². The number of hydrogen-bond donors (Lipinski definition) is 4. The van der Waals surface area contributed by atoms with Crippen LogP contribution in [0.15, 0.2) is 109 Å². The summed E-state index contributed by atoms with van der Waals surface area (Å²) in [6.07, 6.45) is 52.3. The Kier molecular flexibility index (Phi) is 40.5. The normalized spacial score (nSPS) is 15.0. The van der Waals surface area contributed by atoms with Gasteiger partial charge in [-0.15, -0.1) is 0 Å². The molecule has 0 aliphatic rings. The highest BCUT2D eigenvalue weighted by Crippen LogP contribution is 2.43. The van der Waals surface area contributed by atoms with Gasteiger partial charge in [0.2, 0.25) is 0 Å². The van der Waals surface area contributed by atoms with Crippen molar-refractivity contribution < 1.29 is 61.6 Å². The molecule has 0 spiro atoms. The predicted octanol–water partition coefficient (Wildman–Crippen LogP) is 11.9. The second-order valence-corrected chi connectivity index (χ2v) is 17.3. The average molecular weight is 925 g/mol. The molecule has 0 rings (SSSR count). The monoisotopic (exact) mass is 924 g/mol. The van der Waals surface area contributed by atoms with Crippen LogP contribution in [0.2, 0.25) is 0 Å². The summed E-state index contributed by atoms with van der Waals surface area (Å²) in [4.78, 5) is 52.7. The van der Waals surface area contributed by atoms with E-state index in [1.165, 1.54) is 19.3 Å². The Hall–Kier alpha value is -3.22. The van der Waals surface area contributed by atoms with Gasteiger partial charge in [0.15, 0.2) is 6.10 Å². The Labute approximate surface area is 378 Å². The van der Waals surface area contributed by atoms with Crippen LogP contribution in [0, 0.1) is 0 Å². The molecule has 0 radical (unpaired) electrons. The van der Waals surface area contributed by atoms with Crippen molar-refractivity contribution in [1.82, 2.24) is 0 Å². The number of ether oxygens (including phenoxy) is 2. The topological polar surface area (TPSA) is 195 Å². The lowest BCUT2D eigenvalue weighted by Gasteiger charge is -2.20. The molecule has 15 heteroatoms. The number of hydrogen-bond acceptors (Lipinski definition) is 10. The van der Waals surface area contributed by atoms with Gasteiger partial charge in [-0.05, 0) is 89.9 Å². The zero-order chi connectivity index (χ0) is 46.5. The van der Waals surface area contributed by atoms with Gasteiger partial charge in [0.1, 0.15) is 12.7 Å². The molecule has 3 atom stereocenters. The smallest absolute Gasteiger partial charge is 0.462 e. The lowest BCUT2D eigenvalue weighted by Crippen LogP contribution is -2.29. The molecule has 63 heavy (non-hydrogen) atoms. The Morgan fingerprint density at radius 1 is 0.476 bits per heavy atom. The molecule has 0 bridgehead atoms. The van der Waals surface area contributed by atoms with Crippen molar-refractivity contribution >= 4 is 27.6 Å². The Balaban J connectivity index is 4.68. The molecule has 0 aliphatic heterocycles. The number of esters is 2. The van der Waals surface area contributed by atoms with Crippen LogP contribution in [0.1, 0.15) is 142 Å². The van der Waals surface area contributed by atoms with E-state index in [1.54, 1.807) is 0 Å². The summed E-state index contributed by atoms with van der Waals surface area (Å²) in [7, 11) is -9.72. The van der Waals surface area contributed by atoms with Crippen molar-refractivity contribution in [3.8, 4) is 0 Å². The van der Waals surface area contributed by atoms with Crippen LogP contribution in [0.4, 0.5) is 0 Å². The fourth-order valence-electron chi connectivity index (χ4n) is 5.26. The second kappa shape index (κ2) is 42.7. The Bertz CT molecular complexity index is 1520. The van der Waals surface area contributed by atoms with Gasteiger partial charge in [0.05, 0.1) is 19.8 Å². The number of carbonyl (C=O) groups excluding carboxylic acids is 2. The Morgan fingerprint density at radius 3 is 1.40 bits per heavy atom. The van der Waals surface area contributed by atoms with Crippen LogP contribution in [0.25, 0.3) is 0 Å². The molecule has 0 aromatic rings. The van der Waals surface area contributed by atoms with Gasteiger partial charge in [-0.3, -0.25) is 23.2 Å². The number of carbonyl (C=O) groups is 2. The molecule has 0 aromatic carbocycles. The van der Waals surface area contributed by atoms with E-state index in [0.717, 1.165) is 77.0 Å². The van der Waals surface area contributed by atoms with E-state index in [0.29, 0.717) is 19.3 Å². The molecule has 0 aliphatic carbocycles. The summed E-state index contributed by atoms with van der Waals surface area (Å²) in [6, 6.07) is 0. The highest BCUT2D eigenvalue weighted by atomic mass is 31.2. The minimum absolute atomic E-state index is 0.0581. The van der Waals surface area contributed by atoms with Gasteiger partial charge in [0, 0.05) is 12.8 Å². The molecular weight excluding hydrogens is 846 g/mol. The molecule has 0 amide bonds. The quantitative estimate of drug-likeness (QED) is 0.0196. The van der Waals surface area contributed by atoms with E-state index >= 15 is 0 Å². The van der Waals surface area contributed by atoms with Crippen LogP contribution in [-0.4, -0.2) is 70.4 Å². The lowest BCUT2D eigenvalue weighted by molar-refractivity contribution is -0.161. The first-order valence-corrected chi connectivity index (χ1v) is 25.6. The van der Waals surface area contributed by atoms with Gasteiger partial charge in [0.25, 0.3) is 0 Å². The number of allylic oxidation sites excluding steroid dienone is 18. The molecule has 358 valence electrons. The largest absolute Gasteiger partial charge is 0.472 e. The summed E-state index contributed by atoms with van der Waals surface area (Å²) in [5.74, 6) is -1.17. The van der Waals surface area contributed by atoms with Gasteiger partial charge >= 0.3 is 27.6 Å². The first kappa shape index (κ1) is 59.8. The summed E-state index contributed by atoms with van der Waals surface area (Å²) in [6.45, 7) is 1.49. The maximum atomic E-state index is 12.7. The molecule has 13 nitrogen and oxygen atoms in total. The van der Waals surface area contributed by atoms with Crippen molar-refractivity contribution in [2.75, 3.05) is 26.4 Å². The zero-order valence-electron chi connectivity index (χ0n) is 37.9. The number of rotatable bonds is 41. The van der Waals surface area contributed by atoms with E-state index in [2.05, 4.69) is 114 Å². The third-order valence-electron chi connectivity index (χ3n) is 8.65. The summed E-state index contributed by atoms with van der Waals surface area (Å²) in [5, 5.41) is 9.75. The molecule has 4 N–H and O–H groups in total. The fourth-order valence-corrected chi connectivity index (χ4v) is 6.42. The standard InChI is InChI=1S/C48H78O13P2/c1-3-5-7-9-11-13-15-17-19-21-22-24-25-27-29-31-33-35-37-39-47(50)57-43-46(44-60-63(55,56)59-42-45(49)41-58-62(52,53)54)61-48(51)40-38-36-34-32-30-28-26-23-20-18-16-14-12-10-8-6-4-2/h5,7,11-14,17-20,22,24,26-29,33,35,45-46,49H,3-4,6,8-10,15-16,21,23,25,30-32,34,36-44H2,1-2H3,(H,55,56)(H2,52,53,54)/b7-5-,13-11-,14-12-,19-17-,20-18-,24-22-,28-26-,29-27-,35-33-/t45-,46+/m0/s1. The van der Waals surface area contributed by atoms with Crippen LogP contribution in [0.5, 0.6) is 0 Å². The van der Waals surface area contributed by atoms with Crippen molar-refractivity contribution in [1.29, 1.82) is 0 Å². The van der Waals surface area contributed by atoms with Crippen molar-refractivity contribution in [2.45, 2.75) is 154 Å². The van der Waals surface area contributed by atoms with Crippen molar-refractivity contribution in [3.05, 3.63) is 109 Å². The predicted molar refractivity (Wildman–Crippen MR) is 253 cm³/mol. The van der Waals surface area contributed by atoms with E-state index in [9.17, 15) is 28.7 Å².